The number of rotatable bonds is 9. The van der Waals surface area contributed by atoms with Gasteiger partial charge < -0.3 is 10.2 Å². The van der Waals surface area contributed by atoms with Crippen LogP contribution in [-0.2, 0) is 6.42 Å². The van der Waals surface area contributed by atoms with Gasteiger partial charge in [0.25, 0.3) is 0 Å². The fraction of sp³-hybridized carbons (Fsp3) is 0.333. The van der Waals surface area contributed by atoms with Crippen molar-refractivity contribution in [3.05, 3.63) is 67.5 Å². The molecular weight excluding hydrogens is 244 g/mol. The van der Waals surface area contributed by atoms with E-state index in [-0.39, 0.29) is 0 Å². The number of hydrogen-bond acceptors (Lipinski definition) is 2. The lowest BCUT2D eigenvalue weighted by Crippen LogP contribution is -2.22. The van der Waals surface area contributed by atoms with Gasteiger partial charge in [-0.05, 0) is 50.7 Å². The summed E-state index contributed by atoms with van der Waals surface area (Å²) in [7, 11) is 0. The Hall–Kier alpha value is -1.96. The molecule has 0 aliphatic heterocycles. The highest BCUT2D eigenvalue weighted by molar-refractivity contribution is 5.56. The minimum Gasteiger partial charge on any atom is -0.389 e. The molecule has 0 saturated carbocycles. The number of nitrogens with zero attached hydrogens (tertiary/aromatic N) is 1. The van der Waals surface area contributed by atoms with Crippen LogP contribution in [0.3, 0.4) is 0 Å². The molecule has 20 heavy (non-hydrogen) atoms. The summed E-state index contributed by atoms with van der Waals surface area (Å²) in [6.45, 7) is 16.6. The van der Waals surface area contributed by atoms with Crippen LogP contribution in [0.2, 0.25) is 0 Å². The summed E-state index contributed by atoms with van der Waals surface area (Å²) in [6.07, 6.45) is 5.73. The van der Waals surface area contributed by atoms with E-state index in [1.54, 1.807) is 6.20 Å². The zero-order valence-electron chi connectivity index (χ0n) is 12.7. The Morgan fingerprint density at radius 2 is 2.05 bits per heavy atom. The SMILES string of the molecule is C=CNC(C)CCc1ccccc1N(C=C)CC(=C)C. The first-order valence-corrected chi connectivity index (χ1v) is 7.07. The van der Waals surface area contributed by atoms with E-state index in [9.17, 15) is 0 Å². The number of nitrogens with one attached hydrogen (secondary N) is 1. The van der Waals surface area contributed by atoms with Crippen LogP contribution in [0.4, 0.5) is 5.69 Å². The summed E-state index contributed by atoms with van der Waals surface area (Å²) in [5.74, 6) is 0. The van der Waals surface area contributed by atoms with E-state index in [1.165, 1.54) is 11.3 Å². The molecular formula is C18H26N2. The summed E-state index contributed by atoms with van der Waals surface area (Å²) < 4.78 is 0. The maximum Gasteiger partial charge on any atom is 0.0441 e. The van der Waals surface area contributed by atoms with Crippen LogP contribution in [-0.4, -0.2) is 12.6 Å². The summed E-state index contributed by atoms with van der Waals surface area (Å²) >= 11 is 0. The molecule has 0 fully saturated rings. The molecule has 0 bridgehead atoms. The average Bonchev–Trinajstić information content (AvgIpc) is 2.43. The van der Waals surface area contributed by atoms with Gasteiger partial charge in [0.05, 0.1) is 0 Å². The third-order valence-corrected chi connectivity index (χ3v) is 3.21. The molecule has 1 atom stereocenters. The van der Waals surface area contributed by atoms with Crippen molar-refractivity contribution >= 4 is 5.69 Å². The van der Waals surface area contributed by atoms with Gasteiger partial charge in [0.2, 0.25) is 0 Å². The van der Waals surface area contributed by atoms with E-state index in [0.29, 0.717) is 6.04 Å². The molecule has 0 amide bonds. The first kappa shape index (κ1) is 16.1. The van der Waals surface area contributed by atoms with Crippen molar-refractivity contribution in [2.45, 2.75) is 32.7 Å². The lowest BCUT2D eigenvalue weighted by atomic mass is 10.0. The number of anilines is 1. The van der Waals surface area contributed by atoms with Crippen molar-refractivity contribution in [3.8, 4) is 0 Å². The Kier molecular flexibility index (Phi) is 6.65. The van der Waals surface area contributed by atoms with E-state index >= 15 is 0 Å². The van der Waals surface area contributed by atoms with Crippen molar-refractivity contribution in [1.82, 2.24) is 5.32 Å². The Bertz CT molecular complexity index is 462. The predicted molar refractivity (Wildman–Crippen MR) is 89.9 cm³/mol. The standard InChI is InChI=1S/C18H26N2/c1-6-19-16(5)12-13-17-10-8-9-11-18(17)20(7-2)14-15(3)4/h6-11,16,19H,1-3,12-14H2,4-5H3. The van der Waals surface area contributed by atoms with Crippen LogP contribution >= 0.6 is 0 Å². The van der Waals surface area contributed by atoms with Crippen LogP contribution in [0, 0.1) is 0 Å². The molecule has 0 heterocycles. The second-order valence-electron chi connectivity index (χ2n) is 5.21. The highest BCUT2D eigenvalue weighted by Gasteiger charge is 2.09. The molecule has 2 nitrogen and oxygen atoms in total. The zero-order valence-corrected chi connectivity index (χ0v) is 12.7. The second kappa shape index (κ2) is 8.26. The van der Waals surface area contributed by atoms with Gasteiger partial charge in [-0.15, -0.1) is 0 Å². The van der Waals surface area contributed by atoms with Gasteiger partial charge >= 0.3 is 0 Å². The quantitative estimate of drug-likeness (QED) is 0.674. The Morgan fingerprint density at radius 3 is 2.65 bits per heavy atom. The highest BCUT2D eigenvalue weighted by Crippen LogP contribution is 2.23. The van der Waals surface area contributed by atoms with Crippen LogP contribution in [0.15, 0.2) is 62.0 Å². The molecule has 0 saturated heterocycles. The minimum absolute atomic E-state index is 0.430. The normalized spacial score (nSPS) is 11.5. The van der Waals surface area contributed by atoms with Crippen molar-refractivity contribution in [3.63, 3.8) is 0 Å². The molecule has 1 N–H and O–H groups in total. The highest BCUT2D eigenvalue weighted by atomic mass is 15.1. The second-order valence-corrected chi connectivity index (χ2v) is 5.21. The van der Waals surface area contributed by atoms with Gasteiger partial charge in [0.15, 0.2) is 0 Å². The lowest BCUT2D eigenvalue weighted by molar-refractivity contribution is 0.587. The monoisotopic (exact) mass is 270 g/mol. The molecule has 2 heteroatoms. The fourth-order valence-electron chi connectivity index (χ4n) is 2.20. The number of para-hydroxylation sites is 1. The number of hydrogen-bond donors (Lipinski definition) is 1. The van der Waals surface area contributed by atoms with Gasteiger partial charge in [0.1, 0.15) is 0 Å². The number of benzene rings is 1. The molecule has 1 aromatic carbocycles. The topological polar surface area (TPSA) is 15.3 Å². The Balaban J connectivity index is 2.83. The predicted octanol–water partition coefficient (Wildman–Crippen LogP) is 4.27. The number of aryl methyl sites for hydroxylation is 1. The molecule has 1 unspecified atom stereocenters. The molecule has 1 rings (SSSR count). The van der Waals surface area contributed by atoms with Gasteiger partial charge in [-0.1, -0.05) is 43.5 Å². The van der Waals surface area contributed by atoms with E-state index in [2.05, 4.69) is 61.1 Å². The van der Waals surface area contributed by atoms with Gasteiger partial charge in [-0.3, -0.25) is 0 Å². The van der Waals surface area contributed by atoms with Crippen molar-refractivity contribution < 1.29 is 0 Å². The first-order valence-electron chi connectivity index (χ1n) is 7.07. The van der Waals surface area contributed by atoms with Crippen LogP contribution in [0.25, 0.3) is 0 Å². The van der Waals surface area contributed by atoms with Gasteiger partial charge in [0, 0.05) is 18.3 Å². The summed E-state index contributed by atoms with van der Waals surface area (Å²) in [5.41, 5.74) is 3.68. The molecule has 0 radical (unpaired) electrons. The van der Waals surface area contributed by atoms with Crippen LogP contribution in [0.1, 0.15) is 25.8 Å². The third-order valence-electron chi connectivity index (χ3n) is 3.21. The van der Waals surface area contributed by atoms with Gasteiger partial charge in [-0.2, -0.15) is 0 Å². The van der Waals surface area contributed by atoms with Gasteiger partial charge in [-0.25, -0.2) is 0 Å². The van der Waals surface area contributed by atoms with Crippen molar-refractivity contribution in [2.24, 2.45) is 0 Å². The van der Waals surface area contributed by atoms with E-state index in [4.69, 9.17) is 0 Å². The van der Waals surface area contributed by atoms with E-state index < -0.39 is 0 Å². The van der Waals surface area contributed by atoms with E-state index in [1.807, 2.05) is 13.1 Å². The van der Waals surface area contributed by atoms with Crippen molar-refractivity contribution in [2.75, 3.05) is 11.4 Å². The zero-order chi connectivity index (χ0) is 15.0. The fourth-order valence-corrected chi connectivity index (χ4v) is 2.20. The van der Waals surface area contributed by atoms with Crippen molar-refractivity contribution in [1.29, 1.82) is 0 Å². The Morgan fingerprint density at radius 1 is 1.35 bits per heavy atom. The molecule has 108 valence electrons. The molecule has 1 aromatic rings. The molecule has 0 aromatic heterocycles. The average molecular weight is 270 g/mol. The maximum absolute atomic E-state index is 3.99. The lowest BCUT2D eigenvalue weighted by Gasteiger charge is -2.24. The summed E-state index contributed by atoms with van der Waals surface area (Å²) in [4.78, 5) is 2.16. The smallest absolute Gasteiger partial charge is 0.0441 e. The molecule has 0 aliphatic rings. The first-order chi connectivity index (χ1) is 9.58. The molecule has 0 spiro atoms. The largest absolute Gasteiger partial charge is 0.389 e. The minimum atomic E-state index is 0.430. The third kappa shape index (κ3) is 4.96. The van der Waals surface area contributed by atoms with Crippen LogP contribution in [0.5, 0.6) is 0 Å². The van der Waals surface area contributed by atoms with E-state index in [0.717, 1.165) is 25.0 Å². The Labute approximate surface area is 123 Å². The molecule has 0 aliphatic carbocycles. The van der Waals surface area contributed by atoms with Crippen LogP contribution < -0.4 is 10.2 Å². The maximum atomic E-state index is 3.99. The summed E-state index contributed by atoms with van der Waals surface area (Å²) in [6, 6.07) is 8.92. The summed E-state index contributed by atoms with van der Waals surface area (Å²) in [5, 5.41) is 3.23.